The Kier molecular flexibility index (Phi) is 4.64. The summed E-state index contributed by atoms with van der Waals surface area (Å²) < 4.78 is 0. The fraction of sp³-hybridized carbons (Fsp3) is 0.647. The lowest BCUT2D eigenvalue weighted by atomic mass is 9.82. The third-order valence-corrected chi connectivity index (χ3v) is 4.91. The van der Waals surface area contributed by atoms with Crippen LogP contribution in [-0.4, -0.2) is 31.6 Å². The van der Waals surface area contributed by atoms with Crippen LogP contribution in [-0.2, 0) is 6.42 Å². The van der Waals surface area contributed by atoms with Crippen molar-refractivity contribution in [2.75, 3.05) is 21.1 Å². The van der Waals surface area contributed by atoms with Crippen LogP contribution < -0.4 is 5.32 Å². The van der Waals surface area contributed by atoms with Crippen LogP contribution in [0.4, 0.5) is 0 Å². The minimum absolute atomic E-state index is 0.280. The van der Waals surface area contributed by atoms with Crippen molar-refractivity contribution in [3.8, 4) is 0 Å². The Bertz CT molecular complexity index is 388. The lowest BCUT2D eigenvalue weighted by molar-refractivity contribution is 0.108. The van der Waals surface area contributed by atoms with Gasteiger partial charge in [-0.25, -0.2) is 0 Å². The second-order valence-corrected chi connectivity index (χ2v) is 6.02. The lowest BCUT2D eigenvalue weighted by Gasteiger charge is -2.43. The van der Waals surface area contributed by atoms with Gasteiger partial charge in [0.05, 0.1) is 6.04 Å². The van der Waals surface area contributed by atoms with Crippen molar-refractivity contribution in [3.63, 3.8) is 0 Å². The van der Waals surface area contributed by atoms with Crippen LogP contribution in [0.15, 0.2) is 24.3 Å². The van der Waals surface area contributed by atoms with Crippen molar-refractivity contribution < 1.29 is 0 Å². The molecule has 2 nitrogen and oxygen atoms in total. The van der Waals surface area contributed by atoms with Crippen molar-refractivity contribution in [1.82, 2.24) is 10.2 Å². The highest BCUT2D eigenvalue weighted by atomic mass is 15.2. The number of likely N-dealkylation sites (N-methyl/N-ethyl adjacent to an activating group) is 2. The summed E-state index contributed by atoms with van der Waals surface area (Å²) in [5, 5.41) is 3.58. The first-order valence-electron chi connectivity index (χ1n) is 7.57. The third-order valence-electron chi connectivity index (χ3n) is 4.91. The van der Waals surface area contributed by atoms with Gasteiger partial charge in [0.2, 0.25) is 0 Å². The molecule has 1 unspecified atom stereocenters. The standard InChI is InChI=1S/C17H28N2/c1-5-14-8-10-15(11-9-14)16(18-2)17(19(3)4)12-6-7-13-17/h8-11,16,18H,5-7,12-13H2,1-4H3. The lowest BCUT2D eigenvalue weighted by Crippen LogP contribution is -2.51. The van der Waals surface area contributed by atoms with Gasteiger partial charge in [-0.15, -0.1) is 0 Å². The summed E-state index contributed by atoms with van der Waals surface area (Å²) in [6.07, 6.45) is 6.40. The highest BCUT2D eigenvalue weighted by molar-refractivity contribution is 5.28. The Labute approximate surface area is 118 Å². The molecule has 1 saturated carbocycles. The quantitative estimate of drug-likeness (QED) is 0.873. The predicted molar refractivity (Wildman–Crippen MR) is 82.5 cm³/mol. The first-order valence-corrected chi connectivity index (χ1v) is 7.57. The molecule has 2 rings (SSSR count). The maximum Gasteiger partial charge on any atom is 0.0504 e. The normalized spacial score (nSPS) is 19.8. The molecule has 0 heterocycles. The van der Waals surface area contributed by atoms with E-state index in [2.05, 4.69) is 62.5 Å². The van der Waals surface area contributed by atoms with Gasteiger partial charge in [0.1, 0.15) is 0 Å². The van der Waals surface area contributed by atoms with Crippen molar-refractivity contribution in [2.45, 2.75) is 50.6 Å². The van der Waals surface area contributed by atoms with E-state index in [4.69, 9.17) is 0 Å². The van der Waals surface area contributed by atoms with E-state index in [-0.39, 0.29) is 5.54 Å². The summed E-state index contributed by atoms with van der Waals surface area (Å²) in [5.41, 5.74) is 3.13. The zero-order valence-electron chi connectivity index (χ0n) is 12.9. The molecule has 1 aromatic rings. The van der Waals surface area contributed by atoms with E-state index in [0.717, 1.165) is 6.42 Å². The minimum atomic E-state index is 0.280. The zero-order chi connectivity index (χ0) is 13.9. The molecule has 0 spiro atoms. The summed E-state index contributed by atoms with van der Waals surface area (Å²) >= 11 is 0. The second-order valence-electron chi connectivity index (χ2n) is 6.02. The number of nitrogens with one attached hydrogen (secondary N) is 1. The molecule has 2 heteroatoms. The molecule has 0 aromatic heterocycles. The summed E-state index contributed by atoms with van der Waals surface area (Å²) in [7, 11) is 6.56. The van der Waals surface area contributed by atoms with Crippen LogP contribution in [0.25, 0.3) is 0 Å². The largest absolute Gasteiger partial charge is 0.311 e. The molecule has 1 atom stereocenters. The molecular formula is C17H28N2. The SMILES string of the molecule is CCc1ccc(C(NC)C2(N(C)C)CCCC2)cc1. The van der Waals surface area contributed by atoms with Crippen molar-refractivity contribution >= 4 is 0 Å². The molecule has 19 heavy (non-hydrogen) atoms. The molecule has 1 fully saturated rings. The summed E-state index contributed by atoms with van der Waals surface area (Å²) in [6, 6.07) is 9.60. The first kappa shape index (κ1) is 14.5. The Hall–Kier alpha value is -0.860. The van der Waals surface area contributed by atoms with Crippen LogP contribution in [0.3, 0.4) is 0 Å². The van der Waals surface area contributed by atoms with Crippen molar-refractivity contribution in [3.05, 3.63) is 35.4 Å². The highest BCUT2D eigenvalue weighted by Crippen LogP contribution is 2.43. The van der Waals surface area contributed by atoms with E-state index in [9.17, 15) is 0 Å². The molecule has 0 radical (unpaired) electrons. The van der Waals surface area contributed by atoms with Crippen LogP contribution in [0.2, 0.25) is 0 Å². The van der Waals surface area contributed by atoms with Gasteiger partial charge >= 0.3 is 0 Å². The molecule has 0 aliphatic heterocycles. The fourth-order valence-corrected chi connectivity index (χ4v) is 3.67. The van der Waals surface area contributed by atoms with Gasteiger partial charge < -0.3 is 10.2 Å². The monoisotopic (exact) mass is 260 g/mol. The average Bonchev–Trinajstić information content (AvgIpc) is 2.91. The number of nitrogens with zero attached hydrogens (tertiary/aromatic N) is 1. The van der Waals surface area contributed by atoms with Crippen molar-refractivity contribution in [2.24, 2.45) is 0 Å². The third kappa shape index (κ3) is 2.70. The zero-order valence-corrected chi connectivity index (χ0v) is 12.9. The van der Waals surface area contributed by atoms with Gasteiger partial charge in [0.15, 0.2) is 0 Å². The molecule has 1 aromatic carbocycles. The number of hydrogen-bond acceptors (Lipinski definition) is 2. The van der Waals surface area contributed by atoms with Gasteiger partial charge in [0.25, 0.3) is 0 Å². The molecule has 1 aliphatic carbocycles. The van der Waals surface area contributed by atoms with E-state index in [1.54, 1.807) is 0 Å². The number of hydrogen-bond donors (Lipinski definition) is 1. The van der Waals surface area contributed by atoms with Gasteiger partial charge in [-0.05, 0) is 51.5 Å². The molecular weight excluding hydrogens is 232 g/mol. The number of aryl methyl sites for hydroxylation is 1. The molecule has 1 N–H and O–H groups in total. The van der Waals surface area contributed by atoms with Crippen LogP contribution in [0.1, 0.15) is 49.8 Å². The van der Waals surface area contributed by atoms with Gasteiger partial charge in [-0.1, -0.05) is 44.0 Å². The maximum atomic E-state index is 3.58. The second kappa shape index (κ2) is 6.06. The predicted octanol–water partition coefficient (Wildman–Crippen LogP) is 3.38. The Balaban J connectivity index is 2.31. The van der Waals surface area contributed by atoms with Gasteiger partial charge in [-0.3, -0.25) is 0 Å². The fourth-order valence-electron chi connectivity index (χ4n) is 3.67. The maximum absolute atomic E-state index is 3.58. The van der Waals surface area contributed by atoms with Crippen molar-refractivity contribution in [1.29, 1.82) is 0 Å². The number of benzene rings is 1. The summed E-state index contributed by atoms with van der Waals surface area (Å²) in [5.74, 6) is 0. The van der Waals surface area contributed by atoms with E-state index in [1.807, 2.05) is 0 Å². The minimum Gasteiger partial charge on any atom is -0.311 e. The average molecular weight is 260 g/mol. The molecule has 0 amide bonds. The van der Waals surface area contributed by atoms with E-state index in [0.29, 0.717) is 6.04 Å². The number of rotatable bonds is 5. The van der Waals surface area contributed by atoms with E-state index in [1.165, 1.54) is 36.8 Å². The Morgan fingerprint density at radius 1 is 1.16 bits per heavy atom. The van der Waals surface area contributed by atoms with Crippen LogP contribution >= 0.6 is 0 Å². The van der Waals surface area contributed by atoms with Gasteiger partial charge in [-0.2, -0.15) is 0 Å². The Morgan fingerprint density at radius 3 is 2.16 bits per heavy atom. The highest BCUT2D eigenvalue weighted by Gasteiger charge is 2.43. The smallest absolute Gasteiger partial charge is 0.0504 e. The topological polar surface area (TPSA) is 15.3 Å². The molecule has 106 valence electrons. The Morgan fingerprint density at radius 2 is 1.74 bits per heavy atom. The van der Waals surface area contributed by atoms with E-state index >= 15 is 0 Å². The summed E-state index contributed by atoms with van der Waals surface area (Å²) in [4.78, 5) is 2.44. The molecule has 0 saturated heterocycles. The van der Waals surface area contributed by atoms with Gasteiger partial charge in [0, 0.05) is 5.54 Å². The molecule has 0 bridgehead atoms. The van der Waals surface area contributed by atoms with Crippen LogP contribution in [0.5, 0.6) is 0 Å². The van der Waals surface area contributed by atoms with Crippen LogP contribution in [0, 0.1) is 0 Å². The first-order chi connectivity index (χ1) is 9.14. The van der Waals surface area contributed by atoms with E-state index < -0.39 is 0 Å². The molecule has 1 aliphatic rings. The summed E-state index contributed by atoms with van der Waals surface area (Å²) in [6.45, 7) is 2.21.